The van der Waals surface area contributed by atoms with E-state index in [1.165, 1.54) is 6.07 Å². The first-order valence-electron chi connectivity index (χ1n) is 8.05. The van der Waals surface area contributed by atoms with Gasteiger partial charge in [-0.25, -0.2) is 8.78 Å². The van der Waals surface area contributed by atoms with E-state index < -0.39 is 11.6 Å². The van der Waals surface area contributed by atoms with Crippen LogP contribution in [0, 0.1) is 23.5 Å². The maximum Gasteiger partial charge on any atom is 0.162 e. The lowest BCUT2D eigenvalue weighted by Gasteiger charge is -2.45. The molecule has 0 bridgehead atoms. The van der Waals surface area contributed by atoms with E-state index in [2.05, 4.69) is 33.0 Å². The van der Waals surface area contributed by atoms with Crippen LogP contribution in [0.2, 0.25) is 0 Å². The molecule has 0 aromatic heterocycles. The van der Waals surface area contributed by atoms with Crippen molar-refractivity contribution in [2.75, 3.05) is 6.54 Å². The summed E-state index contributed by atoms with van der Waals surface area (Å²) >= 11 is 0. The highest BCUT2D eigenvalue weighted by atomic mass is 19.2. The predicted octanol–water partition coefficient (Wildman–Crippen LogP) is 4.66. The van der Waals surface area contributed by atoms with Crippen molar-refractivity contribution in [2.45, 2.75) is 58.4 Å². The zero-order chi connectivity index (χ0) is 15.6. The van der Waals surface area contributed by atoms with Crippen molar-refractivity contribution >= 4 is 0 Å². The van der Waals surface area contributed by atoms with Gasteiger partial charge in [-0.3, -0.25) is 0 Å². The summed E-state index contributed by atoms with van der Waals surface area (Å²) in [5, 5.41) is 3.56. The maximum atomic E-state index is 14.2. The van der Waals surface area contributed by atoms with Crippen LogP contribution < -0.4 is 5.32 Å². The molecule has 1 saturated carbocycles. The molecule has 0 spiro atoms. The van der Waals surface area contributed by atoms with Crippen LogP contribution in [0.25, 0.3) is 0 Å². The van der Waals surface area contributed by atoms with Crippen molar-refractivity contribution in [3.63, 3.8) is 0 Å². The van der Waals surface area contributed by atoms with E-state index in [4.69, 9.17) is 0 Å². The van der Waals surface area contributed by atoms with Crippen LogP contribution in [0.5, 0.6) is 0 Å². The van der Waals surface area contributed by atoms with Gasteiger partial charge >= 0.3 is 0 Å². The fourth-order valence-corrected chi connectivity index (χ4v) is 3.93. The Hall–Kier alpha value is -0.960. The smallest absolute Gasteiger partial charge is 0.162 e. The molecule has 0 radical (unpaired) electrons. The minimum Gasteiger partial charge on any atom is -0.314 e. The van der Waals surface area contributed by atoms with Gasteiger partial charge in [0.25, 0.3) is 0 Å². The molecule has 118 valence electrons. The standard InChI is InChI=1S/C18H27F2N/c1-5-21-16-11-12(2)9-10-13(16)18(3,4)14-7-6-8-15(19)17(14)20/h6-8,12-13,16,21H,5,9-11H2,1-4H3. The molecule has 3 heteroatoms. The molecule has 1 aliphatic rings. The monoisotopic (exact) mass is 295 g/mol. The van der Waals surface area contributed by atoms with E-state index in [0.717, 1.165) is 25.8 Å². The second kappa shape index (κ2) is 6.43. The predicted molar refractivity (Wildman–Crippen MR) is 83.4 cm³/mol. The molecule has 1 nitrogen and oxygen atoms in total. The average molecular weight is 295 g/mol. The molecule has 0 aliphatic heterocycles. The van der Waals surface area contributed by atoms with Gasteiger partial charge in [-0.05, 0) is 48.3 Å². The summed E-state index contributed by atoms with van der Waals surface area (Å²) in [4.78, 5) is 0. The fourth-order valence-electron chi connectivity index (χ4n) is 3.93. The molecule has 1 aliphatic carbocycles. The minimum atomic E-state index is -0.746. The van der Waals surface area contributed by atoms with Crippen molar-refractivity contribution < 1.29 is 8.78 Å². The van der Waals surface area contributed by atoms with Crippen LogP contribution in [0.15, 0.2) is 18.2 Å². The average Bonchev–Trinajstić information content (AvgIpc) is 2.42. The Morgan fingerprint density at radius 2 is 1.95 bits per heavy atom. The number of hydrogen-bond acceptors (Lipinski definition) is 1. The Kier molecular flexibility index (Phi) is 5.03. The lowest BCUT2D eigenvalue weighted by atomic mass is 9.63. The first-order chi connectivity index (χ1) is 9.87. The Balaban J connectivity index is 2.34. The van der Waals surface area contributed by atoms with Crippen molar-refractivity contribution in [1.82, 2.24) is 5.32 Å². The van der Waals surface area contributed by atoms with Gasteiger partial charge in [0.15, 0.2) is 11.6 Å². The summed E-state index contributed by atoms with van der Waals surface area (Å²) in [5.74, 6) is -0.412. The van der Waals surface area contributed by atoms with E-state index in [9.17, 15) is 8.78 Å². The summed E-state index contributed by atoms with van der Waals surface area (Å²) in [6.07, 6.45) is 3.33. The fraction of sp³-hybridized carbons (Fsp3) is 0.667. The van der Waals surface area contributed by atoms with E-state index in [-0.39, 0.29) is 5.41 Å². The van der Waals surface area contributed by atoms with Gasteiger partial charge in [0.05, 0.1) is 0 Å². The number of halogens is 2. The van der Waals surface area contributed by atoms with Crippen molar-refractivity contribution in [3.05, 3.63) is 35.4 Å². The number of benzene rings is 1. The van der Waals surface area contributed by atoms with Crippen LogP contribution in [0.1, 0.15) is 52.5 Å². The normalized spacial score (nSPS) is 26.9. The molecular formula is C18H27F2N. The number of nitrogens with one attached hydrogen (secondary N) is 1. The summed E-state index contributed by atoms with van der Waals surface area (Å²) in [6, 6.07) is 4.92. The first kappa shape index (κ1) is 16.4. The Labute approximate surface area is 127 Å². The molecule has 3 unspecified atom stereocenters. The highest BCUT2D eigenvalue weighted by molar-refractivity contribution is 5.28. The van der Waals surface area contributed by atoms with E-state index in [1.807, 2.05) is 0 Å². The summed E-state index contributed by atoms with van der Waals surface area (Å²) in [6.45, 7) is 9.39. The van der Waals surface area contributed by atoms with Crippen molar-refractivity contribution in [1.29, 1.82) is 0 Å². The Bertz CT molecular complexity index is 484. The second-order valence-corrected chi connectivity index (χ2v) is 7.01. The van der Waals surface area contributed by atoms with E-state index in [0.29, 0.717) is 23.4 Å². The Morgan fingerprint density at radius 1 is 1.24 bits per heavy atom. The van der Waals surface area contributed by atoms with Crippen LogP contribution in [-0.4, -0.2) is 12.6 Å². The third kappa shape index (κ3) is 3.28. The zero-order valence-corrected chi connectivity index (χ0v) is 13.5. The van der Waals surface area contributed by atoms with Gasteiger partial charge in [-0.1, -0.05) is 46.2 Å². The molecule has 0 amide bonds. The summed E-state index contributed by atoms with van der Waals surface area (Å²) in [5.41, 5.74) is 0.129. The molecule has 0 saturated heterocycles. The molecule has 21 heavy (non-hydrogen) atoms. The quantitative estimate of drug-likeness (QED) is 0.852. The lowest BCUT2D eigenvalue weighted by Crippen LogP contribution is -2.48. The van der Waals surface area contributed by atoms with Gasteiger partial charge in [0.1, 0.15) is 0 Å². The highest BCUT2D eigenvalue weighted by Gasteiger charge is 2.41. The third-order valence-corrected chi connectivity index (χ3v) is 5.15. The third-order valence-electron chi connectivity index (χ3n) is 5.15. The van der Waals surface area contributed by atoms with Gasteiger partial charge in [-0.2, -0.15) is 0 Å². The molecule has 2 rings (SSSR count). The SMILES string of the molecule is CCNC1CC(C)CCC1C(C)(C)c1cccc(F)c1F. The van der Waals surface area contributed by atoms with Gasteiger partial charge in [0.2, 0.25) is 0 Å². The molecule has 1 fully saturated rings. The van der Waals surface area contributed by atoms with E-state index in [1.54, 1.807) is 12.1 Å². The molecule has 3 atom stereocenters. The number of rotatable bonds is 4. The maximum absolute atomic E-state index is 14.2. The van der Waals surface area contributed by atoms with Crippen LogP contribution in [-0.2, 0) is 5.41 Å². The highest BCUT2D eigenvalue weighted by Crippen LogP contribution is 2.43. The lowest BCUT2D eigenvalue weighted by molar-refractivity contribution is 0.144. The first-order valence-corrected chi connectivity index (χ1v) is 8.05. The minimum absolute atomic E-state index is 0.324. The summed E-state index contributed by atoms with van der Waals surface area (Å²) < 4.78 is 27.8. The van der Waals surface area contributed by atoms with Crippen LogP contribution >= 0.6 is 0 Å². The van der Waals surface area contributed by atoms with E-state index >= 15 is 0 Å². The summed E-state index contributed by atoms with van der Waals surface area (Å²) in [7, 11) is 0. The Morgan fingerprint density at radius 3 is 2.62 bits per heavy atom. The number of hydrogen-bond donors (Lipinski definition) is 1. The van der Waals surface area contributed by atoms with Gasteiger partial charge < -0.3 is 5.32 Å². The zero-order valence-electron chi connectivity index (χ0n) is 13.5. The van der Waals surface area contributed by atoms with Crippen molar-refractivity contribution in [3.8, 4) is 0 Å². The topological polar surface area (TPSA) is 12.0 Å². The van der Waals surface area contributed by atoms with Crippen molar-refractivity contribution in [2.24, 2.45) is 11.8 Å². The second-order valence-electron chi connectivity index (χ2n) is 7.01. The van der Waals surface area contributed by atoms with Gasteiger partial charge in [-0.15, -0.1) is 0 Å². The molecule has 1 aromatic carbocycles. The molecule has 1 N–H and O–H groups in total. The van der Waals surface area contributed by atoms with Gasteiger partial charge in [0, 0.05) is 6.04 Å². The van der Waals surface area contributed by atoms with Crippen LogP contribution in [0.3, 0.4) is 0 Å². The molecule has 0 heterocycles. The van der Waals surface area contributed by atoms with Crippen LogP contribution in [0.4, 0.5) is 8.78 Å². The molecular weight excluding hydrogens is 268 g/mol. The molecule has 1 aromatic rings. The largest absolute Gasteiger partial charge is 0.314 e.